The molecule has 2 aromatic rings. The summed E-state index contributed by atoms with van der Waals surface area (Å²) in [6, 6.07) is 10.9. The van der Waals surface area contributed by atoms with Crippen LogP contribution in [-0.2, 0) is 10.0 Å². The number of carbonyl (C=O) groups is 1. The lowest BCUT2D eigenvalue weighted by molar-refractivity contribution is 0.0696. The number of carboxylic acids is 1. The minimum atomic E-state index is -3.73. The average Bonchev–Trinajstić information content (AvgIpc) is 2.40. The number of carboxylic acid groups (broad SMARTS) is 1. The molecule has 0 amide bonds. The third kappa shape index (κ3) is 3.41. The van der Waals surface area contributed by atoms with Crippen molar-refractivity contribution in [2.24, 2.45) is 0 Å². The molecule has 0 aliphatic rings. The first kappa shape index (κ1) is 15.1. The van der Waals surface area contributed by atoms with Crippen LogP contribution >= 0.6 is 0 Å². The van der Waals surface area contributed by atoms with Crippen LogP contribution in [0.3, 0.4) is 0 Å². The smallest absolute Gasteiger partial charge is 0.336 e. The third-order valence-corrected chi connectivity index (χ3v) is 4.40. The van der Waals surface area contributed by atoms with Gasteiger partial charge in [-0.2, -0.15) is 0 Å². The van der Waals surface area contributed by atoms with Crippen LogP contribution in [0.15, 0.2) is 47.4 Å². The molecule has 6 heteroatoms. The predicted molar refractivity (Wildman–Crippen MR) is 80.1 cm³/mol. The summed E-state index contributed by atoms with van der Waals surface area (Å²) in [6.45, 7) is 3.45. The molecule has 2 aromatic carbocycles. The summed E-state index contributed by atoms with van der Waals surface area (Å²) in [6.07, 6.45) is 0. The van der Waals surface area contributed by atoms with Crippen molar-refractivity contribution in [3.05, 3.63) is 59.2 Å². The second-order valence-electron chi connectivity index (χ2n) is 4.76. The number of rotatable bonds is 4. The van der Waals surface area contributed by atoms with Crippen molar-refractivity contribution < 1.29 is 18.3 Å². The summed E-state index contributed by atoms with van der Waals surface area (Å²) < 4.78 is 26.9. The quantitative estimate of drug-likeness (QED) is 0.909. The number of aromatic carboxylic acids is 1. The molecule has 0 saturated carbocycles. The van der Waals surface area contributed by atoms with Gasteiger partial charge in [-0.05, 0) is 49.2 Å². The number of benzene rings is 2. The molecule has 0 spiro atoms. The highest BCUT2D eigenvalue weighted by atomic mass is 32.2. The van der Waals surface area contributed by atoms with Crippen molar-refractivity contribution in [2.45, 2.75) is 18.7 Å². The first-order chi connectivity index (χ1) is 9.79. The van der Waals surface area contributed by atoms with Gasteiger partial charge in [-0.25, -0.2) is 13.2 Å². The highest BCUT2D eigenvalue weighted by molar-refractivity contribution is 7.92. The average molecular weight is 305 g/mol. The Bertz CT molecular complexity index is 797. The number of nitrogens with one attached hydrogen (secondary N) is 1. The van der Waals surface area contributed by atoms with Crippen LogP contribution in [0.1, 0.15) is 21.5 Å². The van der Waals surface area contributed by atoms with E-state index in [4.69, 9.17) is 5.11 Å². The van der Waals surface area contributed by atoms with Crippen molar-refractivity contribution in [3.8, 4) is 0 Å². The van der Waals surface area contributed by atoms with Gasteiger partial charge in [-0.15, -0.1) is 0 Å². The molecule has 110 valence electrons. The Hall–Kier alpha value is -2.34. The van der Waals surface area contributed by atoms with E-state index in [9.17, 15) is 13.2 Å². The summed E-state index contributed by atoms with van der Waals surface area (Å²) in [5, 5.41) is 9.06. The molecule has 0 bridgehead atoms. The number of sulfonamides is 1. The molecule has 0 atom stereocenters. The van der Waals surface area contributed by atoms with E-state index in [1.807, 2.05) is 0 Å². The van der Waals surface area contributed by atoms with E-state index in [1.165, 1.54) is 18.2 Å². The fourth-order valence-electron chi connectivity index (χ4n) is 1.91. The molecular formula is C15H15NO4S. The topological polar surface area (TPSA) is 83.5 Å². The Balaban J connectivity index is 2.37. The molecule has 0 aliphatic heterocycles. The van der Waals surface area contributed by atoms with Gasteiger partial charge in [-0.1, -0.05) is 18.2 Å². The maximum Gasteiger partial charge on any atom is 0.336 e. The molecule has 21 heavy (non-hydrogen) atoms. The summed E-state index contributed by atoms with van der Waals surface area (Å²) >= 11 is 0. The molecule has 0 unspecified atom stereocenters. The standard InChI is InChI=1S/C15H15NO4S/c1-10-4-3-5-13(8-10)21(19,20)16-12-7-6-11(2)14(9-12)15(17)18/h3-9,16H,1-2H3,(H,17,18). The molecule has 0 heterocycles. The molecule has 2 rings (SSSR count). The van der Waals surface area contributed by atoms with Crippen LogP contribution in [0.25, 0.3) is 0 Å². The Morgan fingerprint density at radius 1 is 1.10 bits per heavy atom. The SMILES string of the molecule is Cc1cccc(S(=O)(=O)Nc2ccc(C)c(C(=O)O)c2)c1. The summed E-state index contributed by atoms with van der Waals surface area (Å²) in [4.78, 5) is 11.2. The van der Waals surface area contributed by atoms with E-state index in [2.05, 4.69) is 4.72 Å². The summed E-state index contributed by atoms with van der Waals surface area (Å²) in [5.41, 5.74) is 1.69. The molecular weight excluding hydrogens is 290 g/mol. The number of anilines is 1. The number of hydrogen-bond donors (Lipinski definition) is 2. The summed E-state index contributed by atoms with van der Waals surface area (Å²) in [7, 11) is -3.73. The van der Waals surface area contributed by atoms with Gasteiger partial charge < -0.3 is 5.11 Å². The van der Waals surface area contributed by atoms with E-state index in [0.717, 1.165) is 5.56 Å². The molecule has 0 fully saturated rings. The molecule has 2 N–H and O–H groups in total. The lowest BCUT2D eigenvalue weighted by Gasteiger charge is -2.10. The lowest BCUT2D eigenvalue weighted by atomic mass is 10.1. The molecule has 0 radical (unpaired) electrons. The van der Waals surface area contributed by atoms with Crippen molar-refractivity contribution >= 4 is 21.7 Å². The molecule has 0 saturated heterocycles. The van der Waals surface area contributed by atoms with E-state index in [1.54, 1.807) is 38.1 Å². The van der Waals surface area contributed by atoms with E-state index < -0.39 is 16.0 Å². The first-order valence-electron chi connectivity index (χ1n) is 6.23. The Morgan fingerprint density at radius 2 is 1.81 bits per heavy atom. The van der Waals surface area contributed by atoms with Gasteiger partial charge in [0, 0.05) is 5.69 Å². The lowest BCUT2D eigenvalue weighted by Crippen LogP contribution is -2.13. The minimum Gasteiger partial charge on any atom is -0.478 e. The van der Waals surface area contributed by atoms with Crippen LogP contribution < -0.4 is 4.72 Å². The van der Waals surface area contributed by atoms with Gasteiger partial charge in [0.25, 0.3) is 10.0 Å². The van der Waals surface area contributed by atoms with E-state index >= 15 is 0 Å². The van der Waals surface area contributed by atoms with Crippen LogP contribution in [0, 0.1) is 13.8 Å². The van der Waals surface area contributed by atoms with Crippen LogP contribution in [-0.4, -0.2) is 19.5 Å². The highest BCUT2D eigenvalue weighted by Gasteiger charge is 2.16. The summed E-state index contributed by atoms with van der Waals surface area (Å²) in [5.74, 6) is -1.09. The van der Waals surface area contributed by atoms with Gasteiger partial charge in [0.05, 0.1) is 10.5 Å². The fraction of sp³-hybridized carbons (Fsp3) is 0.133. The van der Waals surface area contributed by atoms with Crippen molar-refractivity contribution in [1.29, 1.82) is 0 Å². The zero-order valence-corrected chi connectivity index (χ0v) is 12.4. The van der Waals surface area contributed by atoms with Crippen LogP contribution in [0.2, 0.25) is 0 Å². The monoisotopic (exact) mass is 305 g/mol. The number of hydrogen-bond acceptors (Lipinski definition) is 3. The number of aryl methyl sites for hydroxylation is 2. The largest absolute Gasteiger partial charge is 0.478 e. The maximum absolute atomic E-state index is 12.3. The zero-order chi connectivity index (χ0) is 15.6. The Kier molecular flexibility index (Phi) is 3.99. The van der Waals surface area contributed by atoms with E-state index in [0.29, 0.717) is 5.56 Å². The van der Waals surface area contributed by atoms with Crippen LogP contribution in [0.4, 0.5) is 5.69 Å². The van der Waals surface area contributed by atoms with Crippen molar-refractivity contribution in [1.82, 2.24) is 0 Å². The van der Waals surface area contributed by atoms with Gasteiger partial charge >= 0.3 is 5.97 Å². The fourth-order valence-corrected chi connectivity index (χ4v) is 3.07. The minimum absolute atomic E-state index is 0.0689. The zero-order valence-electron chi connectivity index (χ0n) is 11.6. The molecule has 0 aliphatic carbocycles. The Morgan fingerprint density at radius 3 is 2.43 bits per heavy atom. The second-order valence-corrected chi connectivity index (χ2v) is 6.44. The maximum atomic E-state index is 12.3. The van der Waals surface area contributed by atoms with E-state index in [-0.39, 0.29) is 16.1 Å². The van der Waals surface area contributed by atoms with Gasteiger partial charge in [0.2, 0.25) is 0 Å². The predicted octanol–water partition coefficient (Wildman–Crippen LogP) is 2.80. The third-order valence-electron chi connectivity index (χ3n) is 3.02. The van der Waals surface area contributed by atoms with Crippen molar-refractivity contribution in [2.75, 3.05) is 4.72 Å². The Labute approximate surface area is 123 Å². The van der Waals surface area contributed by atoms with Gasteiger partial charge in [0.1, 0.15) is 0 Å². The first-order valence-corrected chi connectivity index (χ1v) is 7.71. The molecule has 0 aromatic heterocycles. The van der Waals surface area contributed by atoms with Crippen molar-refractivity contribution in [3.63, 3.8) is 0 Å². The highest BCUT2D eigenvalue weighted by Crippen LogP contribution is 2.20. The van der Waals surface area contributed by atoms with Crippen LogP contribution in [0.5, 0.6) is 0 Å². The normalized spacial score (nSPS) is 11.1. The van der Waals surface area contributed by atoms with Gasteiger partial charge in [-0.3, -0.25) is 4.72 Å². The molecule has 5 nitrogen and oxygen atoms in total. The second kappa shape index (κ2) is 5.57. The van der Waals surface area contributed by atoms with Gasteiger partial charge in [0.15, 0.2) is 0 Å².